The Morgan fingerprint density at radius 2 is 2.19 bits per heavy atom. The van der Waals surface area contributed by atoms with Crippen molar-refractivity contribution in [3.63, 3.8) is 0 Å². The van der Waals surface area contributed by atoms with Gasteiger partial charge in [0.2, 0.25) is 0 Å². The van der Waals surface area contributed by atoms with Gasteiger partial charge in [-0.3, -0.25) is 0 Å². The van der Waals surface area contributed by atoms with Crippen molar-refractivity contribution in [1.82, 2.24) is 14.8 Å². The number of sulfone groups is 1. The highest BCUT2D eigenvalue weighted by Crippen LogP contribution is 2.26. The fraction of sp³-hybridized carbons (Fsp3) is 0.846. The summed E-state index contributed by atoms with van der Waals surface area (Å²) in [5.74, 6) is 2.93. The minimum absolute atomic E-state index is 0.222. The van der Waals surface area contributed by atoms with Crippen LogP contribution in [0.2, 0.25) is 0 Å². The van der Waals surface area contributed by atoms with Gasteiger partial charge in [-0.1, -0.05) is 25.6 Å². The van der Waals surface area contributed by atoms with E-state index in [0.717, 1.165) is 36.1 Å². The molecule has 1 aliphatic heterocycles. The van der Waals surface area contributed by atoms with Crippen molar-refractivity contribution in [1.29, 1.82) is 0 Å². The number of hydrogen-bond acceptors (Lipinski definition) is 6. The summed E-state index contributed by atoms with van der Waals surface area (Å²) in [4.78, 5) is 0. The van der Waals surface area contributed by atoms with E-state index in [1.165, 1.54) is 0 Å². The molecule has 0 radical (unpaired) electrons. The van der Waals surface area contributed by atoms with Crippen LogP contribution in [0.1, 0.15) is 32.5 Å². The lowest BCUT2D eigenvalue weighted by Crippen LogP contribution is -2.26. The highest BCUT2D eigenvalue weighted by atomic mass is 32.2. The van der Waals surface area contributed by atoms with Gasteiger partial charge in [-0.15, -0.1) is 10.2 Å². The molecule has 1 aromatic rings. The molecular formula is C13H24N4O2S2. The number of rotatable bonds is 6. The second kappa shape index (κ2) is 7.11. The highest BCUT2D eigenvalue weighted by molar-refractivity contribution is 7.99. The molecule has 21 heavy (non-hydrogen) atoms. The fourth-order valence-corrected chi connectivity index (χ4v) is 5.60. The Morgan fingerprint density at radius 1 is 1.43 bits per heavy atom. The topological polar surface area (TPSA) is 90.9 Å². The lowest BCUT2D eigenvalue weighted by Gasteiger charge is -2.21. The second-order valence-electron chi connectivity index (χ2n) is 6.04. The highest BCUT2D eigenvalue weighted by Gasteiger charge is 2.25. The smallest absolute Gasteiger partial charge is 0.191 e. The minimum atomic E-state index is -2.84. The van der Waals surface area contributed by atoms with Gasteiger partial charge < -0.3 is 10.3 Å². The van der Waals surface area contributed by atoms with Crippen LogP contribution < -0.4 is 5.73 Å². The third-order valence-electron chi connectivity index (χ3n) is 3.53. The predicted octanol–water partition coefficient (Wildman–Crippen LogP) is 1.31. The van der Waals surface area contributed by atoms with Gasteiger partial charge >= 0.3 is 0 Å². The molecule has 0 unspecified atom stereocenters. The van der Waals surface area contributed by atoms with Gasteiger partial charge in [0, 0.05) is 12.3 Å². The van der Waals surface area contributed by atoms with E-state index in [9.17, 15) is 8.42 Å². The number of aromatic nitrogens is 3. The summed E-state index contributed by atoms with van der Waals surface area (Å²) in [6.45, 7) is 5.49. The maximum Gasteiger partial charge on any atom is 0.191 e. The molecule has 0 amide bonds. The molecule has 0 saturated carbocycles. The molecule has 1 aromatic heterocycles. The Bertz CT molecular complexity index is 569. The van der Waals surface area contributed by atoms with Gasteiger partial charge in [0.05, 0.1) is 18.1 Å². The Labute approximate surface area is 130 Å². The number of thioether (sulfide) groups is 1. The summed E-state index contributed by atoms with van der Waals surface area (Å²) in [7, 11) is -2.84. The molecule has 0 aliphatic carbocycles. The number of nitrogens with two attached hydrogens (primary N) is 1. The zero-order chi connectivity index (χ0) is 15.5. The third-order valence-corrected chi connectivity index (χ3v) is 6.62. The van der Waals surface area contributed by atoms with Crippen molar-refractivity contribution < 1.29 is 8.42 Å². The van der Waals surface area contributed by atoms with Crippen LogP contribution in [0.15, 0.2) is 5.16 Å². The maximum absolute atomic E-state index is 11.7. The van der Waals surface area contributed by atoms with Crippen molar-refractivity contribution in [2.24, 2.45) is 17.6 Å². The Kier molecular flexibility index (Phi) is 5.67. The largest absolute Gasteiger partial charge is 0.324 e. The summed E-state index contributed by atoms with van der Waals surface area (Å²) >= 11 is 1.60. The lowest BCUT2D eigenvalue weighted by molar-refractivity contribution is 0.479. The zero-order valence-electron chi connectivity index (χ0n) is 12.7. The maximum atomic E-state index is 11.7. The standard InChI is InChI=1S/C13H24N4O2S2/c1-10(2)7-17-12(6-14)15-16-13(17)20-8-11-4-3-5-21(18,19)9-11/h10-11H,3-9,14H2,1-2H3/t11-/m1/s1. The third kappa shape index (κ3) is 4.69. The van der Waals surface area contributed by atoms with Crippen LogP contribution in [-0.4, -0.2) is 40.4 Å². The van der Waals surface area contributed by atoms with Crippen molar-refractivity contribution >= 4 is 21.6 Å². The van der Waals surface area contributed by atoms with Crippen molar-refractivity contribution in [3.05, 3.63) is 5.82 Å². The molecule has 8 heteroatoms. The molecule has 2 rings (SSSR count). The molecule has 120 valence electrons. The SMILES string of the molecule is CC(C)Cn1c(CN)nnc1SC[C@H]1CCCS(=O)(=O)C1. The summed E-state index contributed by atoms with van der Waals surface area (Å²) in [5.41, 5.74) is 5.70. The van der Waals surface area contributed by atoms with Crippen molar-refractivity contribution in [3.8, 4) is 0 Å². The molecule has 2 heterocycles. The van der Waals surface area contributed by atoms with Crippen molar-refractivity contribution in [2.45, 2.75) is 44.9 Å². The molecule has 0 spiro atoms. The molecule has 6 nitrogen and oxygen atoms in total. The van der Waals surface area contributed by atoms with Crippen LogP contribution >= 0.6 is 11.8 Å². The van der Waals surface area contributed by atoms with Gasteiger partial charge in [-0.2, -0.15) is 0 Å². The molecule has 0 bridgehead atoms. The van der Waals surface area contributed by atoms with E-state index in [2.05, 4.69) is 28.6 Å². The van der Waals surface area contributed by atoms with E-state index >= 15 is 0 Å². The zero-order valence-corrected chi connectivity index (χ0v) is 14.3. The molecule has 2 N–H and O–H groups in total. The van der Waals surface area contributed by atoms with Gasteiger partial charge in [0.1, 0.15) is 5.82 Å². The second-order valence-corrected chi connectivity index (χ2v) is 9.26. The van der Waals surface area contributed by atoms with Crippen LogP contribution in [-0.2, 0) is 22.9 Å². The van der Waals surface area contributed by atoms with Crippen molar-refractivity contribution in [2.75, 3.05) is 17.3 Å². The minimum Gasteiger partial charge on any atom is -0.324 e. The molecule has 1 aliphatic rings. The van der Waals surface area contributed by atoms with Gasteiger partial charge in [-0.25, -0.2) is 8.42 Å². The average molecular weight is 332 g/mol. The summed E-state index contributed by atoms with van der Waals surface area (Å²) in [5, 5.41) is 9.19. The first kappa shape index (κ1) is 16.8. The summed E-state index contributed by atoms with van der Waals surface area (Å²) < 4.78 is 25.4. The van der Waals surface area contributed by atoms with Crippen LogP contribution in [0.3, 0.4) is 0 Å². The van der Waals surface area contributed by atoms with E-state index in [4.69, 9.17) is 5.73 Å². The summed E-state index contributed by atoms with van der Waals surface area (Å²) in [6, 6.07) is 0. The molecule has 1 fully saturated rings. The van der Waals surface area contributed by atoms with Crippen LogP contribution in [0.25, 0.3) is 0 Å². The lowest BCUT2D eigenvalue weighted by atomic mass is 10.1. The number of nitrogens with zero attached hydrogens (tertiary/aromatic N) is 3. The van der Waals surface area contributed by atoms with Crippen LogP contribution in [0.4, 0.5) is 0 Å². The monoisotopic (exact) mass is 332 g/mol. The molecule has 1 atom stereocenters. The van der Waals surface area contributed by atoms with E-state index in [-0.39, 0.29) is 5.92 Å². The quantitative estimate of drug-likeness (QED) is 0.790. The Balaban J connectivity index is 2.01. The molecule has 1 saturated heterocycles. The molecule has 0 aromatic carbocycles. The van der Waals surface area contributed by atoms with Gasteiger partial charge in [0.25, 0.3) is 0 Å². The first-order chi connectivity index (χ1) is 9.91. The van der Waals surface area contributed by atoms with Crippen LogP contribution in [0, 0.1) is 11.8 Å². The van der Waals surface area contributed by atoms with Gasteiger partial charge in [-0.05, 0) is 24.7 Å². The first-order valence-electron chi connectivity index (χ1n) is 7.36. The fourth-order valence-electron chi connectivity index (χ4n) is 2.57. The van der Waals surface area contributed by atoms with E-state index in [0.29, 0.717) is 24.0 Å². The number of hydrogen-bond donors (Lipinski definition) is 1. The van der Waals surface area contributed by atoms with E-state index in [1.807, 2.05) is 0 Å². The predicted molar refractivity (Wildman–Crippen MR) is 84.9 cm³/mol. The van der Waals surface area contributed by atoms with Crippen LogP contribution in [0.5, 0.6) is 0 Å². The van der Waals surface area contributed by atoms with E-state index in [1.54, 1.807) is 11.8 Å². The Hall–Kier alpha value is -0.600. The first-order valence-corrected chi connectivity index (χ1v) is 10.2. The average Bonchev–Trinajstić information content (AvgIpc) is 2.76. The molecular weight excluding hydrogens is 308 g/mol. The van der Waals surface area contributed by atoms with Gasteiger partial charge in [0.15, 0.2) is 15.0 Å². The summed E-state index contributed by atoms with van der Waals surface area (Å²) in [6.07, 6.45) is 1.76. The van der Waals surface area contributed by atoms with E-state index < -0.39 is 9.84 Å². The Morgan fingerprint density at radius 3 is 2.81 bits per heavy atom. The normalized spacial score (nSPS) is 21.8.